The van der Waals surface area contributed by atoms with Crippen molar-refractivity contribution in [2.75, 3.05) is 25.3 Å². The van der Waals surface area contributed by atoms with E-state index >= 15 is 0 Å². The lowest BCUT2D eigenvalue weighted by Gasteiger charge is -2.13. The first-order valence-electron chi connectivity index (χ1n) is 10.4. The van der Waals surface area contributed by atoms with Gasteiger partial charge in [0.25, 0.3) is 0 Å². The van der Waals surface area contributed by atoms with Crippen LogP contribution >= 0.6 is 11.8 Å². The van der Waals surface area contributed by atoms with Crippen LogP contribution in [-0.2, 0) is 17.6 Å². The number of ether oxygens (including phenoxy) is 2. The number of hydrogen-bond donors (Lipinski definition) is 1. The monoisotopic (exact) mass is 450 g/mol. The van der Waals surface area contributed by atoms with Gasteiger partial charge in [0.05, 0.1) is 31.0 Å². The third-order valence-corrected chi connectivity index (χ3v) is 6.48. The third-order valence-electron chi connectivity index (χ3n) is 5.51. The topological polar surface area (TPSA) is 99.4 Å². The van der Waals surface area contributed by atoms with Crippen molar-refractivity contribution in [3.63, 3.8) is 0 Å². The number of nitrogens with zero attached hydrogens (tertiary/aromatic N) is 3. The number of aromatic nitrogens is 3. The van der Waals surface area contributed by atoms with Gasteiger partial charge >= 0.3 is 0 Å². The maximum Gasteiger partial charge on any atom is 0.234 e. The summed E-state index contributed by atoms with van der Waals surface area (Å²) in [6.07, 6.45) is 5.85. The summed E-state index contributed by atoms with van der Waals surface area (Å²) in [7, 11) is 3.12. The summed E-state index contributed by atoms with van der Waals surface area (Å²) >= 11 is 1.30. The largest absolute Gasteiger partial charge is 0.497 e. The van der Waals surface area contributed by atoms with E-state index in [1.807, 2.05) is 0 Å². The van der Waals surface area contributed by atoms with E-state index in [1.54, 1.807) is 32.4 Å². The zero-order valence-electron chi connectivity index (χ0n) is 17.8. The number of hydrogen-bond acceptors (Lipinski definition) is 8. The fraction of sp³-hybridized carbons (Fsp3) is 0.304. The molecule has 1 aliphatic rings. The van der Waals surface area contributed by atoms with Gasteiger partial charge in [0.15, 0.2) is 5.58 Å². The minimum Gasteiger partial charge on any atom is -0.497 e. The van der Waals surface area contributed by atoms with Crippen molar-refractivity contribution in [2.24, 2.45) is 0 Å². The van der Waals surface area contributed by atoms with Crippen LogP contribution in [0.25, 0.3) is 22.2 Å². The summed E-state index contributed by atoms with van der Waals surface area (Å²) in [5.41, 5.74) is 4.83. The number of anilines is 1. The lowest BCUT2D eigenvalue weighted by atomic mass is 9.95. The van der Waals surface area contributed by atoms with Crippen molar-refractivity contribution >= 4 is 45.6 Å². The highest BCUT2D eigenvalue weighted by Gasteiger charge is 2.19. The van der Waals surface area contributed by atoms with Gasteiger partial charge in [-0.05, 0) is 49.4 Å². The average Bonchev–Trinajstić information content (AvgIpc) is 3.19. The van der Waals surface area contributed by atoms with E-state index in [0.717, 1.165) is 35.9 Å². The molecule has 0 spiro atoms. The van der Waals surface area contributed by atoms with Crippen LogP contribution in [0.1, 0.15) is 24.1 Å². The van der Waals surface area contributed by atoms with Crippen LogP contribution in [0.5, 0.6) is 11.5 Å². The Hall–Kier alpha value is -3.33. The molecule has 32 heavy (non-hydrogen) atoms. The number of furan rings is 1. The first-order valence-corrected chi connectivity index (χ1v) is 11.4. The highest BCUT2D eigenvalue weighted by atomic mass is 32.2. The molecule has 0 bridgehead atoms. The molecule has 9 heteroatoms. The number of aryl methyl sites for hydroxylation is 2. The van der Waals surface area contributed by atoms with Gasteiger partial charge in [0, 0.05) is 11.8 Å². The zero-order valence-corrected chi connectivity index (χ0v) is 18.6. The molecular weight excluding hydrogens is 428 g/mol. The molecule has 0 aliphatic heterocycles. The zero-order chi connectivity index (χ0) is 22.1. The van der Waals surface area contributed by atoms with Crippen molar-refractivity contribution in [3.8, 4) is 11.5 Å². The Morgan fingerprint density at radius 3 is 2.88 bits per heavy atom. The Morgan fingerprint density at radius 1 is 1.16 bits per heavy atom. The van der Waals surface area contributed by atoms with Crippen LogP contribution in [0, 0.1) is 0 Å². The molecule has 0 fully saturated rings. The summed E-state index contributed by atoms with van der Waals surface area (Å²) in [5, 5.41) is 4.38. The van der Waals surface area contributed by atoms with E-state index in [1.165, 1.54) is 30.1 Å². The summed E-state index contributed by atoms with van der Waals surface area (Å²) in [6.45, 7) is 0. The van der Waals surface area contributed by atoms with Crippen LogP contribution in [0.15, 0.2) is 40.0 Å². The molecule has 4 aromatic rings. The molecule has 0 radical (unpaired) electrons. The van der Waals surface area contributed by atoms with E-state index < -0.39 is 0 Å². The van der Waals surface area contributed by atoms with Crippen molar-refractivity contribution in [1.82, 2.24) is 15.0 Å². The number of benzene rings is 1. The second-order valence-electron chi connectivity index (χ2n) is 7.52. The van der Waals surface area contributed by atoms with E-state index in [9.17, 15) is 4.79 Å². The molecule has 1 amide bonds. The number of carbonyl (C=O) groups excluding carboxylic acids is 1. The fourth-order valence-corrected chi connectivity index (χ4v) is 4.66. The first kappa shape index (κ1) is 20.6. The number of nitrogens with one attached hydrogen (secondary N) is 1. The van der Waals surface area contributed by atoms with Crippen LogP contribution < -0.4 is 14.8 Å². The highest BCUT2D eigenvalue weighted by molar-refractivity contribution is 8.00. The summed E-state index contributed by atoms with van der Waals surface area (Å²) in [6, 6.07) is 7.38. The molecule has 1 aliphatic carbocycles. The van der Waals surface area contributed by atoms with Crippen LogP contribution in [0.3, 0.4) is 0 Å². The minimum absolute atomic E-state index is 0.155. The Morgan fingerprint density at radius 2 is 2.03 bits per heavy atom. The van der Waals surface area contributed by atoms with Gasteiger partial charge in [-0.2, -0.15) is 0 Å². The van der Waals surface area contributed by atoms with Crippen molar-refractivity contribution in [3.05, 3.63) is 41.9 Å². The van der Waals surface area contributed by atoms with Crippen LogP contribution in [-0.4, -0.2) is 40.8 Å². The van der Waals surface area contributed by atoms with Gasteiger partial charge in [-0.25, -0.2) is 15.0 Å². The molecule has 164 valence electrons. The molecule has 5 rings (SSSR count). The average molecular weight is 451 g/mol. The van der Waals surface area contributed by atoms with Gasteiger partial charge in [0.1, 0.15) is 28.4 Å². The Labute approximate surface area is 188 Å². The van der Waals surface area contributed by atoms with Gasteiger partial charge in [0.2, 0.25) is 11.6 Å². The second-order valence-corrected chi connectivity index (χ2v) is 8.48. The van der Waals surface area contributed by atoms with Gasteiger partial charge in [-0.1, -0.05) is 11.8 Å². The number of fused-ring (bicyclic) bond motifs is 4. The van der Waals surface area contributed by atoms with E-state index in [0.29, 0.717) is 33.5 Å². The lowest BCUT2D eigenvalue weighted by Crippen LogP contribution is -2.14. The van der Waals surface area contributed by atoms with Crippen molar-refractivity contribution in [1.29, 1.82) is 0 Å². The first-order chi connectivity index (χ1) is 15.7. The number of amides is 1. The van der Waals surface area contributed by atoms with Crippen molar-refractivity contribution < 1.29 is 18.7 Å². The van der Waals surface area contributed by atoms with Gasteiger partial charge in [-0.15, -0.1) is 0 Å². The molecule has 3 aromatic heterocycles. The number of pyridine rings is 1. The van der Waals surface area contributed by atoms with Gasteiger partial charge in [-0.3, -0.25) is 4.79 Å². The Kier molecular flexibility index (Phi) is 5.57. The molecule has 3 heterocycles. The predicted octanol–water partition coefficient (Wildman–Crippen LogP) is 4.40. The molecule has 0 saturated carbocycles. The van der Waals surface area contributed by atoms with E-state index in [-0.39, 0.29) is 11.7 Å². The molecular formula is C23H22N4O4S. The summed E-state index contributed by atoms with van der Waals surface area (Å²) in [4.78, 5) is 26.1. The third kappa shape index (κ3) is 3.84. The van der Waals surface area contributed by atoms with Crippen LogP contribution in [0.2, 0.25) is 0 Å². The number of methoxy groups -OCH3 is 2. The number of rotatable bonds is 6. The van der Waals surface area contributed by atoms with E-state index in [4.69, 9.17) is 18.9 Å². The predicted molar refractivity (Wildman–Crippen MR) is 123 cm³/mol. The van der Waals surface area contributed by atoms with E-state index in [2.05, 4.69) is 21.4 Å². The maximum absolute atomic E-state index is 12.6. The molecule has 1 aromatic carbocycles. The lowest BCUT2D eigenvalue weighted by molar-refractivity contribution is -0.113. The molecule has 8 nitrogen and oxygen atoms in total. The molecule has 1 N–H and O–H groups in total. The highest BCUT2D eigenvalue weighted by Crippen LogP contribution is 2.34. The molecule has 0 atom stereocenters. The Balaban J connectivity index is 1.37. The number of carbonyl (C=O) groups is 1. The summed E-state index contributed by atoms with van der Waals surface area (Å²) in [5.74, 6) is 1.15. The second kappa shape index (κ2) is 8.66. The maximum atomic E-state index is 12.6. The molecule has 0 unspecified atom stereocenters. The summed E-state index contributed by atoms with van der Waals surface area (Å²) < 4.78 is 16.6. The minimum atomic E-state index is -0.185. The number of thioether (sulfide) groups is 1. The van der Waals surface area contributed by atoms with Crippen LogP contribution in [0.4, 0.5) is 5.69 Å². The normalized spacial score (nSPS) is 13.2. The fourth-order valence-electron chi connectivity index (χ4n) is 3.93. The van der Waals surface area contributed by atoms with Crippen molar-refractivity contribution in [2.45, 2.75) is 30.7 Å². The van der Waals surface area contributed by atoms with Gasteiger partial charge < -0.3 is 19.2 Å². The standard InChI is InChI=1S/C23H22N4O4S/c1-29-14-7-8-17(18(10-14)30-2)26-19(28)11-32-23-21-20(24-12-25-23)15-9-13-5-3-4-6-16(13)27-22(15)31-21/h7-10,12H,3-6,11H2,1-2H3,(H,26,28). The molecule has 0 saturated heterocycles. The smallest absolute Gasteiger partial charge is 0.234 e. The Bertz CT molecular complexity index is 1320. The SMILES string of the molecule is COc1ccc(NC(=O)CSc2ncnc3c2oc2nc4c(cc23)CCCC4)c(OC)c1. The quantitative estimate of drug-likeness (QED) is 0.341.